The van der Waals surface area contributed by atoms with Gasteiger partial charge in [-0.25, -0.2) is 0 Å². The van der Waals surface area contributed by atoms with Crippen LogP contribution in [0.15, 0.2) is 36.5 Å². The van der Waals surface area contributed by atoms with E-state index in [1.165, 1.54) is 30.4 Å². The van der Waals surface area contributed by atoms with E-state index in [1.54, 1.807) is 0 Å². The number of hydrogen-bond donors (Lipinski definition) is 0. The van der Waals surface area contributed by atoms with Gasteiger partial charge in [-0.05, 0) is 49.9 Å². The van der Waals surface area contributed by atoms with Gasteiger partial charge >= 0.3 is 0 Å². The first-order valence-electron chi connectivity index (χ1n) is 6.04. The van der Waals surface area contributed by atoms with Crippen molar-refractivity contribution >= 4 is 0 Å². The van der Waals surface area contributed by atoms with Crippen LogP contribution >= 0.6 is 0 Å². The van der Waals surface area contributed by atoms with Crippen molar-refractivity contribution in [2.45, 2.75) is 39.5 Å². The van der Waals surface area contributed by atoms with E-state index in [0.717, 1.165) is 12.3 Å². The van der Waals surface area contributed by atoms with Gasteiger partial charge in [0.1, 0.15) is 0 Å². The lowest BCUT2D eigenvalue weighted by Gasteiger charge is -2.46. The largest absolute Gasteiger partial charge is 0.0999 e. The van der Waals surface area contributed by atoms with Crippen LogP contribution in [-0.4, -0.2) is 0 Å². The van der Waals surface area contributed by atoms with Gasteiger partial charge in [-0.3, -0.25) is 0 Å². The molecule has 3 atom stereocenters. The molecule has 0 heterocycles. The molecule has 3 unspecified atom stereocenters. The molecule has 0 heteroatoms. The minimum atomic E-state index is 0.390. The molecule has 0 spiro atoms. The van der Waals surface area contributed by atoms with Gasteiger partial charge in [0.25, 0.3) is 0 Å². The van der Waals surface area contributed by atoms with Crippen molar-refractivity contribution < 1.29 is 0 Å². The first-order chi connectivity index (χ1) is 7.03. The van der Waals surface area contributed by atoms with Gasteiger partial charge in [0.15, 0.2) is 0 Å². The van der Waals surface area contributed by atoms with Crippen molar-refractivity contribution in [1.82, 2.24) is 0 Å². The maximum absolute atomic E-state index is 4.26. The van der Waals surface area contributed by atoms with Gasteiger partial charge in [0.05, 0.1) is 0 Å². The second-order valence-corrected chi connectivity index (χ2v) is 5.64. The van der Waals surface area contributed by atoms with Crippen LogP contribution in [0.4, 0.5) is 0 Å². The summed E-state index contributed by atoms with van der Waals surface area (Å²) < 4.78 is 0. The van der Waals surface area contributed by atoms with Gasteiger partial charge in [0.2, 0.25) is 0 Å². The van der Waals surface area contributed by atoms with Crippen LogP contribution in [0, 0.1) is 17.3 Å². The summed E-state index contributed by atoms with van der Waals surface area (Å²) in [7, 11) is 0. The average molecular weight is 202 g/mol. The van der Waals surface area contributed by atoms with Crippen molar-refractivity contribution in [3.05, 3.63) is 36.5 Å². The predicted molar refractivity (Wildman–Crippen MR) is 66.6 cm³/mol. The SMILES string of the molecule is C=C(C)C1CCC2(C)C=CCC(=C)C2C1. The zero-order chi connectivity index (χ0) is 11.1. The van der Waals surface area contributed by atoms with Gasteiger partial charge in [-0.2, -0.15) is 0 Å². The molecule has 1 saturated carbocycles. The molecule has 0 nitrogen and oxygen atoms in total. The number of allylic oxidation sites excluding steroid dienone is 4. The molecular weight excluding hydrogens is 180 g/mol. The fourth-order valence-corrected chi connectivity index (χ4v) is 3.23. The zero-order valence-corrected chi connectivity index (χ0v) is 10.1. The monoisotopic (exact) mass is 202 g/mol. The van der Waals surface area contributed by atoms with E-state index in [2.05, 4.69) is 39.2 Å². The molecule has 82 valence electrons. The van der Waals surface area contributed by atoms with E-state index in [0.29, 0.717) is 11.3 Å². The third-order valence-corrected chi connectivity index (χ3v) is 4.42. The summed E-state index contributed by atoms with van der Waals surface area (Å²) >= 11 is 0. The summed E-state index contributed by atoms with van der Waals surface area (Å²) in [5, 5.41) is 0. The highest BCUT2D eigenvalue weighted by Gasteiger charge is 2.40. The topological polar surface area (TPSA) is 0 Å². The standard InChI is InChI=1S/C15H22/c1-11(2)13-7-9-15(4)8-5-6-12(3)14(15)10-13/h5,8,13-14H,1,3,6-7,9-10H2,2,4H3. The third-order valence-electron chi connectivity index (χ3n) is 4.42. The van der Waals surface area contributed by atoms with Crippen LogP contribution in [0.25, 0.3) is 0 Å². The van der Waals surface area contributed by atoms with E-state index >= 15 is 0 Å². The second-order valence-electron chi connectivity index (χ2n) is 5.64. The smallest absolute Gasteiger partial charge is 0.00806 e. The van der Waals surface area contributed by atoms with Gasteiger partial charge in [0, 0.05) is 0 Å². The van der Waals surface area contributed by atoms with E-state index in [1.807, 2.05) is 0 Å². The molecule has 1 fully saturated rings. The van der Waals surface area contributed by atoms with Crippen molar-refractivity contribution in [2.24, 2.45) is 17.3 Å². The molecule has 0 aromatic carbocycles. The van der Waals surface area contributed by atoms with Crippen LogP contribution in [0.5, 0.6) is 0 Å². The Morgan fingerprint density at radius 3 is 2.93 bits per heavy atom. The normalized spacial score (nSPS) is 40.0. The Morgan fingerprint density at radius 2 is 2.27 bits per heavy atom. The van der Waals surface area contributed by atoms with Gasteiger partial charge in [-0.1, -0.05) is 43.4 Å². The zero-order valence-electron chi connectivity index (χ0n) is 10.1. The Balaban J connectivity index is 2.22. The van der Waals surface area contributed by atoms with Crippen LogP contribution in [0.2, 0.25) is 0 Å². The first-order valence-corrected chi connectivity index (χ1v) is 6.04. The minimum Gasteiger partial charge on any atom is -0.0999 e. The van der Waals surface area contributed by atoms with Gasteiger partial charge < -0.3 is 0 Å². The molecule has 0 N–H and O–H groups in total. The molecule has 2 rings (SSSR count). The fourth-order valence-electron chi connectivity index (χ4n) is 3.23. The Bertz CT molecular complexity index is 321. The Morgan fingerprint density at radius 1 is 1.53 bits per heavy atom. The number of rotatable bonds is 1. The Kier molecular flexibility index (Phi) is 2.62. The Hall–Kier alpha value is -0.780. The van der Waals surface area contributed by atoms with Crippen LogP contribution in [-0.2, 0) is 0 Å². The summed E-state index contributed by atoms with van der Waals surface area (Å²) in [6.07, 6.45) is 9.70. The van der Waals surface area contributed by atoms with Gasteiger partial charge in [-0.15, -0.1) is 0 Å². The quantitative estimate of drug-likeness (QED) is 0.549. The summed E-state index contributed by atoms with van der Waals surface area (Å²) in [6.45, 7) is 12.9. The van der Waals surface area contributed by atoms with E-state index < -0.39 is 0 Å². The Labute approximate surface area is 93.8 Å². The molecule has 0 aliphatic heterocycles. The van der Waals surface area contributed by atoms with Crippen LogP contribution in [0.1, 0.15) is 39.5 Å². The van der Waals surface area contributed by atoms with E-state index in [9.17, 15) is 0 Å². The van der Waals surface area contributed by atoms with Crippen molar-refractivity contribution in [2.75, 3.05) is 0 Å². The summed E-state index contributed by atoms with van der Waals surface area (Å²) in [6, 6.07) is 0. The van der Waals surface area contributed by atoms with E-state index in [-0.39, 0.29) is 0 Å². The number of fused-ring (bicyclic) bond motifs is 1. The molecule has 0 radical (unpaired) electrons. The molecule has 0 aromatic rings. The molecule has 0 amide bonds. The number of hydrogen-bond acceptors (Lipinski definition) is 0. The summed E-state index contributed by atoms with van der Waals surface area (Å²) in [5.41, 5.74) is 3.19. The average Bonchev–Trinajstić information content (AvgIpc) is 2.17. The third kappa shape index (κ3) is 1.82. The fraction of sp³-hybridized carbons (Fsp3) is 0.600. The summed E-state index contributed by atoms with van der Waals surface area (Å²) in [5.74, 6) is 1.42. The van der Waals surface area contributed by atoms with Crippen LogP contribution < -0.4 is 0 Å². The molecule has 0 aromatic heterocycles. The lowest BCUT2D eigenvalue weighted by atomic mass is 9.59. The molecular formula is C15H22. The van der Waals surface area contributed by atoms with E-state index in [4.69, 9.17) is 0 Å². The highest BCUT2D eigenvalue weighted by atomic mass is 14.4. The van der Waals surface area contributed by atoms with Crippen LogP contribution in [0.3, 0.4) is 0 Å². The maximum atomic E-state index is 4.26. The van der Waals surface area contributed by atoms with Crippen molar-refractivity contribution in [1.29, 1.82) is 0 Å². The minimum absolute atomic E-state index is 0.390. The highest BCUT2D eigenvalue weighted by Crippen LogP contribution is 2.51. The molecule has 0 saturated heterocycles. The predicted octanol–water partition coefficient (Wildman–Crippen LogP) is 4.50. The lowest BCUT2D eigenvalue weighted by Crippen LogP contribution is -2.35. The molecule has 15 heavy (non-hydrogen) atoms. The molecule has 2 aliphatic rings. The maximum Gasteiger partial charge on any atom is -0.00806 e. The van der Waals surface area contributed by atoms with Crippen molar-refractivity contribution in [3.63, 3.8) is 0 Å². The molecule has 2 aliphatic carbocycles. The first kappa shape index (κ1) is 10.7. The highest BCUT2D eigenvalue weighted by molar-refractivity contribution is 5.23. The van der Waals surface area contributed by atoms with Crippen molar-refractivity contribution in [3.8, 4) is 0 Å². The lowest BCUT2D eigenvalue weighted by molar-refractivity contribution is 0.162. The summed E-state index contributed by atoms with van der Waals surface area (Å²) in [4.78, 5) is 0. The second kappa shape index (κ2) is 3.66. The molecule has 0 bridgehead atoms.